The van der Waals surface area contributed by atoms with Gasteiger partial charge >= 0.3 is 12.4 Å². The third-order valence-corrected chi connectivity index (χ3v) is 7.66. The van der Waals surface area contributed by atoms with Gasteiger partial charge < -0.3 is 10.1 Å². The van der Waals surface area contributed by atoms with Crippen LogP contribution in [0.15, 0.2) is 41.3 Å². The normalized spacial score (nSPS) is 16.1. The van der Waals surface area contributed by atoms with Gasteiger partial charge in [0.2, 0.25) is 15.9 Å². The first-order chi connectivity index (χ1) is 16.6. The third-order valence-electron chi connectivity index (χ3n) is 5.50. The number of benzene rings is 2. The molecule has 36 heavy (non-hydrogen) atoms. The van der Waals surface area contributed by atoms with Crippen LogP contribution in [0, 0.1) is 5.92 Å². The van der Waals surface area contributed by atoms with E-state index in [4.69, 9.17) is 16.3 Å². The topological polar surface area (TPSA) is 75.7 Å². The fourth-order valence-corrected chi connectivity index (χ4v) is 5.59. The van der Waals surface area contributed by atoms with Gasteiger partial charge in [0.05, 0.1) is 17.7 Å². The van der Waals surface area contributed by atoms with Gasteiger partial charge in [0.15, 0.2) is 0 Å². The second-order valence-corrected chi connectivity index (χ2v) is 10.3. The molecular formula is C22H21ClF6N2O4S. The molecule has 0 aromatic heterocycles. The van der Waals surface area contributed by atoms with Gasteiger partial charge in [0.1, 0.15) is 10.6 Å². The number of hydrogen-bond acceptors (Lipinski definition) is 4. The van der Waals surface area contributed by atoms with E-state index in [0.717, 1.165) is 4.31 Å². The quantitative estimate of drug-likeness (QED) is 0.454. The highest BCUT2D eigenvalue weighted by atomic mass is 35.5. The predicted molar refractivity (Wildman–Crippen MR) is 119 cm³/mol. The summed E-state index contributed by atoms with van der Waals surface area (Å²) in [6, 6.07) is 4.93. The first-order valence-electron chi connectivity index (χ1n) is 10.7. The minimum Gasteiger partial charge on any atom is -0.492 e. The average molecular weight is 559 g/mol. The third kappa shape index (κ3) is 6.43. The lowest BCUT2D eigenvalue weighted by atomic mass is 9.97. The molecule has 1 N–H and O–H groups in total. The molecule has 1 aliphatic heterocycles. The summed E-state index contributed by atoms with van der Waals surface area (Å²) in [4.78, 5) is 12.5. The van der Waals surface area contributed by atoms with Crippen molar-refractivity contribution in [1.29, 1.82) is 0 Å². The number of piperidine rings is 1. The van der Waals surface area contributed by atoms with Crippen molar-refractivity contribution in [2.24, 2.45) is 5.92 Å². The Balaban J connectivity index is 1.74. The number of ether oxygens (including phenoxy) is 1. The van der Waals surface area contributed by atoms with Gasteiger partial charge in [-0.2, -0.15) is 30.6 Å². The minimum absolute atomic E-state index is 0.000681. The molecule has 0 unspecified atom stereocenters. The zero-order valence-corrected chi connectivity index (χ0v) is 20.3. The highest BCUT2D eigenvalue weighted by Crippen LogP contribution is 2.38. The lowest BCUT2D eigenvalue weighted by Gasteiger charge is -2.31. The molecule has 1 aliphatic rings. The molecule has 0 spiro atoms. The van der Waals surface area contributed by atoms with Crippen LogP contribution in [0.4, 0.5) is 32.0 Å². The molecule has 1 heterocycles. The van der Waals surface area contributed by atoms with Gasteiger partial charge in [-0.1, -0.05) is 11.6 Å². The van der Waals surface area contributed by atoms with Gasteiger partial charge in [-0.3, -0.25) is 4.79 Å². The Morgan fingerprint density at radius 2 is 1.58 bits per heavy atom. The van der Waals surface area contributed by atoms with Gasteiger partial charge in [-0.15, -0.1) is 0 Å². The van der Waals surface area contributed by atoms with Crippen molar-refractivity contribution < 1.29 is 44.3 Å². The van der Waals surface area contributed by atoms with E-state index < -0.39 is 51.0 Å². The number of sulfonamides is 1. The van der Waals surface area contributed by atoms with Crippen molar-refractivity contribution in [2.75, 3.05) is 25.0 Å². The van der Waals surface area contributed by atoms with Crippen molar-refractivity contribution in [1.82, 2.24) is 4.31 Å². The molecule has 6 nitrogen and oxygen atoms in total. The summed E-state index contributed by atoms with van der Waals surface area (Å²) in [6.45, 7) is 1.68. The number of nitrogens with zero attached hydrogens (tertiary/aromatic N) is 1. The molecule has 2 aromatic carbocycles. The standard InChI is InChI=1S/C22H21ClF6N2O4S/c1-2-35-18-4-3-16(23)12-19(18)36(33,34)31-7-5-13(6-8-31)20(32)30-17-10-14(21(24,25)26)9-15(11-17)22(27,28)29/h3-4,9-13H,2,5-8H2,1H3,(H,30,32). The first kappa shape index (κ1) is 28.1. The van der Waals surface area contributed by atoms with Crippen LogP contribution < -0.4 is 10.1 Å². The second-order valence-electron chi connectivity index (χ2n) is 7.99. The van der Waals surface area contributed by atoms with Crippen LogP contribution >= 0.6 is 11.6 Å². The van der Waals surface area contributed by atoms with Crippen molar-refractivity contribution in [3.63, 3.8) is 0 Å². The summed E-state index contributed by atoms with van der Waals surface area (Å²) in [5.74, 6) is -1.53. The average Bonchev–Trinajstić information content (AvgIpc) is 2.79. The van der Waals surface area contributed by atoms with Crippen LogP contribution in [0.1, 0.15) is 30.9 Å². The smallest absolute Gasteiger partial charge is 0.416 e. The molecule has 14 heteroatoms. The fourth-order valence-electron chi connectivity index (χ4n) is 3.73. The number of halogens is 7. The Bertz CT molecular complexity index is 1190. The summed E-state index contributed by atoms with van der Waals surface area (Å²) in [5, 5.41) is 2.28. The summed E-state index contributed by atoms with van der Waals surface area (Å²) in [5.41, 5.74) is -3.77. The Kier molecular flexibility index (Phi) is 8.16. The SMILES string of the molecule is CCOc1ccc(Cl)cc1S(=O)(=O)N1CCC(C(=O)Nc2cc(C(F)(F)F)cc(C(F)(F)F)c2)CC1. The molecular weight excluding hydrogens is 538 g/mol. The molecule has 2 aromatic rings. The Labute approximate surface area is 208 Å². The predicted octanol–water partition coefficient (Wildman–Crippen LogP) is 5.82. The van der Waals surface area contributed by atoms with Gasteiger partial charge in [-0.25, -0.2) is 8.42 Å². The minimum atomic E-state index is -5.05. The zero-order valence-electron chi connectivity index (χ0n) is 18.7. The summed E-state index contributed by atoms with van der Waals surface area (Å²) >= 11 is 5.95. The van der Waals surface area contributed by atoms with E-state index in [2.05, 4.69) is 5.32 Å². The molecule has 1 fully saturated rings. The van der Waals surface area contributed by atoms with Crippen LogP contribution in [0.5, 0.6) is 5.75 Å². The monoisotopic (exact) mass is 558 g/mol. The van der Waals surface area contributed by atoms with Crippen LogP contribution in [0.3, 0.4) is 0 Å². The highest BCUT2D eigenvalue weighted by molar-refractivity contribution is 7.89. The number of nitrogens with one attached hydrogen (secondary N) is 1. The number of carbonyl (C=O) groups excluding carboxylic acids is 1. The van der Waals surface area contributed by atoms with Crippen molar-refractivity contribution in [2.45, 2.75) is 37.0 Å². The Morgan fingerprint density at radius 3 is 2.08 bits per heavy atom. The van der Waals surface area contributed by atoms with E-state index in [1.807, 2.05) is 0 Å². The van der Waals surface area contributed by atoms with E-state index >= 15 is 0 Å². The summed E-state index contributed by atoms with van der Waals surface area (Å²) in [7, 11) is -4.05. The fraction of sp³-hybridized carbons (Fsp3) is 0.409. The maximum atomic E-state index is 13.1. The second kappa shape index (κ2) is 10.5. The van der Waals surface area contributed by atoms with E-state index in [1.54, 1.807) is 6.92 Å². The highest BCUT2D eigenvalue weighted by Gasteiger charge is 2.38. The number of anilines is 1. The molecule has 3 rings (SSSR count). The van der Waals surface area contributed by atoms with Crippen LogP contribution in [-0.2, 0) is 27.2 Å². The maximum Gasteiger partial charge on any atom is 0.416 e. The lowest BCUT2D eigenvalue weighted by molar-refractivity contribution is -0.143. The molecule has 0 aliphatic carbocycles. The Hall–Kier alpha value is -2.51. The number of alkyl halides is 6. The van der Waals surface area contributed by atoms with E-state index in [-0.39, 0.29) is 54.3 Å². The zero-order chi connectivity index (χ0) is 26.9. The number of rotatable bonds is 6. The van der Waals surface area contributed by atoms with Crippen LogP contribution in [0.2, 0.25) is 5.02 Å². The van der Waals surface area contributed by atoms with Crippen molar-refractivity contribution in [3.05, 3.63) is 52.5 Å². The van der Waals surface area contributed by atoms with Gasteiger partial charge in [0.25, 0.3) is 0 Å². The van der Waals surface area contributed by atoms with Crippen molar-refractivity contribution in [3.8, 4) is 5.75 Å². The largest absolute Gasteiger partial charge is 0.492 e. The molecule has 1 amide bonds. The van der Waals surface area contributed by atoms with Crippen molar-refractivity contribution >= 4 is 33.2 Å². The Morgan fingerprint density at radius 1 is 1.03 bits per heavy atom. The van der Waals surface area contributed by atoms with Crippen LogP contribution in [-0.4, -0.2) is 38.3 Å². The molecule has 0 saturated carbocycles. The van der Waals surface area contributed by atoms with Gasteiger partial charge in [0, 0.05) is 29.7 Å². The van der Waals surface area contributed by atoms with E-state index in [9.17, 15) is 39.6 Å². The molecule has 0 bridgehead atoms. The first-order valence-corrected chi connectivity index (χ1v) is 12.5. The molecule has 0 atom stereocenters. The maximum absolute atomic E-state index is 13.1. The van der Waals surface area contributed by atoms with Crippen LogP contribution in [0.25, 0.3) is 0 Å². The number of carbonyl (C=O) groups is 1. The molecule has 0 radical (unpaired) electrons. The summed E-state index contributed by atoms with van der Waals surface area (Å²) in [6.07, 6.45) is -10.1. The number of hydrogen-bond donors (Lipinski definition) is 1. The van der Waals surface area contributed by atoms with E-state index in [0.29, 0.717) is 12.1 Å². The van der Waals surface area contributed by atoms with E-state index in [1.165, 1.54) is 18.2 Å². The lowest BCUT2D eigenvalue weighted by Crippen LogP contribution is -2.41. The molecule has 198 valence electrons. The van der Waals surface area contributed by atoms with Gasteiger partial charge in [-0.05, 0) is 56.2 Å². The number of amides is 1. The summed E-state index contributed by atoms with van der Waals surface area (Å²) < 4.78 is 111. The molecule has 1 saturated heterocycles.